The lowest BCUT2D eigenvalue weighted by atomic mass is 10.1. The maximum absolute atomic E-state index is 13.3. The third-order valence-electron chi connectivity index (χ3n) is 6.34. The van der Waals surface area contributed by atoms with Crippen LogP contribution in [0.25, 0.3) is 22.0 Å². The zero-order valence-electron chi connectivity index (χ0n) is 20.5. The largest absolute Gasteiger partial charge is 0.493 e. The Kier molecular flexibility index (Phi) is 7.72. The van der Waals surface area contributed by atoms with E-state index in [1.165, 1.54) is 4.31 Å². The SMILES string of the molecule is COc1cc2nc(N3CCN(S(=O)(=O)c4ccc(-c5ccccc5)cc4)CC3)nc(N)c2cc1OC.Cl. The molecule has 9 nitrogen and oxygen atoms in total. The van der Waals surface area contributed by atoms with Gasteiger partial charge in [0.2, 0.25) is 16.0 Å². The van der Waals surface area contributed by atoms with Crippen molar-refractivity contribution >= 4 is 45.1 Å². The molecule has 0 atom stereocenters. The van der Waals surface area contributed by atoms with Gasteiger partial charge in [-0.3, -0.25) is 0 Å². The lowest BCUT2D eigenvalue weighted by molar-refractivity contribution is 0.356. The third kappa shape index (κ3) is 5.13. The van der Waals surface area contributed by atoms with Gasteiger partial charge in [-0.15, -0.1) is 12.4 Å². The van der Waals surface area contributed by atoms with Crippen LogP contribution in [0.5, 0.6) is 11.5 Å². The number of ether oxygens (including phenoxy) is 2. The van der Waals surface area contributed by atoms with Gasteiger partial charge in [-0.2, -0.15) is 9.29 Å². The van der Waals surface area contributed by atoms with Crippen molar-refractivity contribution in [3.8, 4) is 22.6 Å². The van der Waals surface area contributed by atoms with Crippen LogP contribution in [-0.4, -0.2) is 63.1 Å². The topological polar surface area (TPSA) is 111 Å². The van der Waals surface area contributed by atoms with Crippen molar-refractivity contribution in [3.05, 3.63) is 66.7 Å². The second-order valence-corrected chi connectivity index (χ2v) is 10.4. The number of anilines is 2. The second-order valence-electron chi connectivity index (χ2n) is 8.41. The number of halogens is 1. The highest BCUT2D eigenvalue weighted by atomic mass is 35.5. The van der Waals surface area contributed by atoms with E-state index in [1.54, 1.807) is 38.5 Å². The number of rotatable bonds is 6. The molecule has 0 amide bonds. The number of nitrogen functional groups attached to an aromatic ring is 1. The summed E-state index contributed by atoms with van der Waals surface area (Å²) in [5.41, 5.74) is 8.87. The molecule has 1 fully saturated rings. The zero-order valence-corrected chi connectivity index (χ0v) is 22.1. The number of nitrogens with two attached hydrogens (primary N) is 1. The molecule has 37 heavy (non-hydrogen) atoms. The summed E-state index contributed by atoms with van der Waals surface area (Å²) in [6.45, 7) is 1.52. The van der Waals surface area contributed by atoms with Gasteiger partial charge >= 0.3 is 0 Å². The molecule has 1 aromatic heterocycles. The Morgan fingerprint density at radius 2 is 1.41 bits per heavy atom. The van der Waals surface area contributed by atoms with Gasteiger partial charge in [-0.1, -0.05) is 42.5 Å². The highest BCUT2D eigenvalue weighted by Gasteiger charge is 2.29. The predicted octanol–water partition coefficient (Wildman–Crippen LogP) is 3.83. The normalized spacial score (nSPS) is 14.3. The van der Waals surface area contributed by atoms with Crippen LogP contribution in [0.4, 0.5) is 11.8 Å². The van der Waals surface area contributed by atoms with E-state index >= 15 is 0 Å². The van der Waals surface area contributed by atoms with Crippen LogP contribution in [0.1, 0.15) is 0 Å². The standard InChI is InChI=1S/C26H27N5O4S.ClH/c1-34-23-16-21-22(17-24(23)35-2)28-26(29-25(21)27)30-12-14-31(15-13-30)36(32,33)20-10-8-19(9-11-20)18-6-4-3-5-7-18;/h3-11,16-17H,12-15H2,1-2H3,(H2,27,28,29);1H. The first-order valence-corrected chi connectivity index (χ1v) is 12.9. The minimum Gasteiger partial charge on any atom is -0.493 e. The van der Waals surface area contributed by atoms with Crippen molar-refractivity contribution in [3.63, 3.8) is 0 Å². The quantitative estimate of drug-likeness (QED) is 0.392. The van der Waals surface area contributed by atoms with Gasteiger partial charge in [0.05, 0.1) is 24.6 Å². The van der Waals surface area contributed by atoms with Crippen LogP contribution in [0.15, 0.2) is 71.6 Å². The molecule has 2 N–H and O–H groups in total. The summed E-state index contributed by atoms with van der Waals surface area (Å²) in [4.78, 5) is 11.3. The molecule has 11 heteroatoms. The lowest BCUT2D eigenvalue weighted by Crippen LogP contribution is -2.49. The van der Waals surface area contributed by atoms with Gasteiger partial charge in [-0.25, -0.2) is 13.4 Å². The lowest BCUT2D eigenvalue weighted by Gasteiger charge is -2.34. The van der Waals surface area contributed by atoms with Crippen molar-refractivity contribution in [1.29, 1.82) is 0 Å². The fraction of sp³-hybridized carbons (Fsp3) is 0.231. The van der Waals surface area contributed by atoms with E-state index < -0.39 is 10.0 Å². The number of benzene rings is 3. The zero-order chi connectivity index (χ0) is 25.3. The van der Waals surface area contributed by atoms with Gasteiger partial charge in [-0.05, 0) is 29.3 Å². The number of piperazine rings is 1. The van der Waals surface area contributed by atoms with Crippen molar-refractivity contribution in [2.45, 2.75) is 4.90 Å². The molecule has 1 saturated heterocycles. The van der Waals surface area contributed by atoms with Crippen LogP contribution in [-0.2, 0) is 10.0 Å². The molecule has 4 aromatic rings. The molecule has 194 valence electrons. The predicted molar refractivity (Wildman–Crippen MR) is 147 cm³/mol. The Hall–Kier alpha value is -3.60. The highest BCUT2D eigenvalue weighted by Crippen LogP contribution is 2.34. The van der Waals surface area contributed by atoms with Gasteiger partial charge in [0, 0.05) is 37.6 Å². The minimum absolute atomic E-state index is 0. The van der Waals surface area contributed by atoms with Gasteiger partial charge in [0.1, 0.15) is 5.82 Å². The Morgan fingerprint density at radius 3 is 2.03 bits per heavy atom. The monoisotopic (exact) mass is 541 g/mol. The Morgan fingerprint density at radius 1 is 0.811 bits per heavy atom. The number of sulfonamides is 1. The molecule has 0 aliphatic carbocycles. The molecular weight excluding hydrogens is 514 g/mol. The third-order valence-corrected chi connectivity index (χ3v) is 8.25. The highest BCUT2D eigenvalue weighted by molar-refractivity contribution is 7.89. The van der Waals surface area contributed by atoms with Crippen LogP contribution in [0.3, 0.4) is 0 Å². The molecule has 5 rings (SSSR count). The fourth-order valence-corrected chi connectivity index (χ4v) is 5.76. The molecular formula is C26H28ClN5O4S. The van der Waals surface area contributed by atoms with E-state index in [1.807, 2.05) is 47.4 Å². The van der Waals surface area contributed by atoms with E-state index in [0.717, 1.165) is 11.1 Å². The van der Waals surface area contributed by atoms with Gasteiger partial charge in [0.25, 0.3) is 0 Å². The molecule has 3 aromatic carbocycles. The summed E-state index contributed by atoms with van der Waals surface area (Å²) in [7, 11) is -0.500. The first kappa shape index (κ1) is 26.5. The Balaban J connectivity index is 0.00000320. The summed E-state index contributed by atoms with van der Waals surface area (Å²) < 4.78 is 38.8. The first-order chi connectivity index (χ1) is 17.4. The number of hydrogen-bond donors (Lipinski definition) is 1. The van der Waals surface area contributed by atoms with E-state index in [2.05, 4.69) is 9.97 Å². The van der Waals surface area contributed by atoms with Crippen molar-refractivity contribution < 1.29 is 17.9 Å². The van der Waals surface area contributed by atoms with E-state index in [4.69, 9.17) is 15.2 Å². The first-order valence-electron chi connectivity index (χ1n) is 11.5. The maximum Gasteiger partial charge on any atom is 0.243 e. The second kappa shape index (κ2) is 10.8. The van der Waals surface area contributed by atoms with Crippen molar-refractivity contribution in [2.75, 3.05) is 51.0 Å². The van der Waals surface area contributed by atoms with E-state index in [9.17, 15) is 8.42 Å². The average molecular weight is 542 g/mol. The summed E-state index contributed by atoms with van der Waals surface area (Å²) in [5.74, 6) is 1.87. The number of fused-ring (bicyclic) bond motifs is 1. The van der Waals surface area contributed by atoms with Crippen LogP contribution < -0.4 is 20.1 Å². The summed E-state index contributed by atoms with van der Waals surface area (Å²) >= 11 is 0. The number of hydrogen-bond acceptors (Lipinski definition) is 8. The molecule has 0 spiro atoms. The fourth-order valence-electron chi connectivity index (χ4n) is 4.34. The van der Waals surface area contributed by atoms with Crippen molar-refractivity contribution in [2.24, 2.45) is 0 Å². The molecule has 0 radical (unpaired) electrons. The molecule has 2 heterocycles. The maximum atomic E-state index is 13.3. The Labute approximate surface area is 222 Å². The molecule has 0 bridgehead atoms. The van der Waals surface area contributed by atoms with E-state index in [0.29, 0.717) is 60.3 Å². The molecule has 0 saturated carbocycles. The number of nitrogens with zero attached hydrogens (tertiary/aromatic N) is 4. The smallest absolute Gasteiger partial charge is 0.243 e. The van der Waals surface area contributed by atoms with Gasteiger partial charge < -0.3 is 20.1 Å². The molecule has 1 aliphatic heterocycles. The van der Waals surface area contributed by atoms with Crippen LogP contribution in [0.2, 0.25) is 0 Å². The molecule has 1 aliphatic rings. The number of methoxy groups -OCH3 is 2. The summed E-state index contributed by atoms with van der Waals surface area (Å²) in [6.07, 6.45) is 0. The Bertz CT molecular complexity index is 1490. The van der Waals surface area contributed by atoms with Crippen LogP contribution in [0, 0.1) is 0 Å². The summed E-state index contributed by atoms with van der Waals surface area (Å²) in [6, 6.07) is 20.4. The minimum atomic E-state index is -3.62. The van der Waals surface area contributed by atoms with Crippen molar-refractivity contribution in [1.82, 2.24) is 14.3 Å². The summed E-state index contributed by atoms with van der Waals surface area (Å²) in [5, 5.41) is 0.663. The number of aromatic nitrogens is 2. The van der Waals surface area contributed by atoms with Crippen LogP contribution >= 0.6 is 12.4 Å². The van der Waals surface area contributed by atoms with E-state index in [-0.39, 0.29) is 17.3 Å². The average Bonchev–Trinajstić information content (AvgIpc) is 2.93. The van der Waals surface area contributed by atoms with Gasteiger partial charge in [0.15, 0.2) is 11.5 Å². The molecule has 0 unspecified atom stereocenters.